The molecule has 8 heavy (non-hydrogen) atoms. The van der Waals surface area contributed by atoms with Gasteiger partial charge in [-0.3, -0.25) is 0 Å². The fourth-order valence-electron chi connectivity index (χ4n) is 0.588. The Morgan fingerprint density at radius 3 is 2.00 bits per heavy atom. The molecular formula is C7H7Hg. The third kappa shape index (κ3) is 1.59. The second-order valence-corrected chi connectivity index (χ2v) is 5.16. The average molecular weight is 292 g/mol. The molecule has 0 aromatic heterocycles. The quantitative estimate of drug-likeness (QED) is 0.630. The van der Waals surface area contributed by atoms with Crippen molar-refractivity contribution in [3.8, 4) is 0 Å². The molecule has 0 amide bonds. The third-order valence-corrected chi connectivity index (χ3v) is 2.95. The normalized spacial score (nSPS) is 9.38. The number of aryl methyl sites for hydroxylation is 1. The van der Waals surface area contributed by atoms with E-state index in [0.717, 1.165) is 26.1 Å². The van der Waals surface area contributed by atoms with Gasteiger partial charge in [0.2, 0.25) is 0 Å². The van der Waals surface area contributed by atoms with Crippen molar-refractivity contribution in [2.45, 2.75) is 6.92 Å². The molecule has 37 valence electrons. The van der Waals surface area contributed by atoms with Crippen LogP contribution in [-0.4, -0.2) is 0 Å². The van der Waals surface area contributed by atoms with Crippen LogP contribution in [0.4, 0.5) is 0 Å². The molecule has 0 spiro atoms. The molecule has 0 N–H and O–H groups in total. The van der Waals surface area contributed by atoms with E-state index in [9.17, 15) is 0 Å². The molecule has 0 saturated heterocycles. The van der Waals surface area contributed by atoms with Crippen LogP contribution < -0.4 is 3.07 Å². The van der Waals surface area contributed by atoms with Gasteiger partial charge in [0, 0.05) is 0 Å². The van der Waals surface area contributed by atoms with E-state index in [2.05, 4.69) is 31.2 Å². The van der Waals surface area contributed by atoms with Gasteiger partial charge in [-0.2, -0.15) is 0 Å². The van der Waals surface area contributed by atoms with Gasteiger partial charge in [-0.1, -0.05) is 0 Å². The molecule has 0 atom stereocenters. The van der Waals surface area contributed by atoms with E-state index < -0.39 is 0 Å². The van der Waals surface area contributed by atoms with E-state index >= 15 is 0 Å². The second kappa shape index (κ2) is 2.63. The maximum absolute atomic E-state index is 2.21. The standard InChI is InChI=1S/C7H7.Hg/c1-7-5-3-2-4-6-7;/h3-6H,1H3;. The first kappa shape index (κ1) is 6.28. The van der Waals surface area contributed by atoms with E-state index in [0.29, 0.717) is 0 Å². The van der Waals surface area contributed by atoms with Gasteiger partial charge in [-0.15, -0.1) is 0 Å². The summed E-state index contributed by atoms with van der Waals surface area (Å²) in [5, 5.41) is 0. The van der Waals surface area contributed by atoms with Gasteiger partial charge < -0.3 is 0 Å². The first-order valence-electron chi connectivity index (χ1n) is 2.67. The summed E-state index contributed by atoms with van der Waals surface area (Å²) in [6, 6.07) is 8.75. The van der Waals surface area contributed by atoms with Crippen molar-refractivity contribution in [3.63, 3.8) is 0 Å². The molecule has 0 aliphatic heterocycles. The van der Waals surface area contributed by atoms with Crippen LogP contribution in [0.3, 0.4) is 0 Å². The zero-order valence-corrected chi connectivity index (χ0v) is 10.5. The van der Waals surface area contributed by atoms with Crippen LogP contribution in [0.1, 0.15) is 5.56 Å². The van der Waals surface area contributed by atoms with Crippen LogP contribution in [0.25, 0.3) is 0 Å². The molecule has 0 radical (unpaired) electrons. The molecule has 1 rings (SSSR count). The molecule has 0 bridgehead atoms. The predicted molar refractivity (Wildman–Crippen MR) is 30.8 cm³/mol. The van der Waals surface area contributed by atoms with Crippen molar-refractivity contribution in [1.82, 2.24) is 0 Å². The van der Waals surface area contributed by atoms with Crippen LogP contribution in [0.2, 0.25) is 0 Å². The Labute approximate surface area is 65.9 Å². The summed E-state index contributed by atoms with van der Waals surface area (Å²) in [5.41, 5.74) is 1.36. The van der Waals surface area contributed by atoms with Crippen molar-refractivity contribution >= 4 is 3.07 Å². The molecule has 1 aromatic carbocycles. The van der Waals surface area contributed by atoms with Crippen LogP contribution in [0, 0.1) is 6.92 Å². The first-order chi connectivity index (χ1) is 3.79. The Bertz CT molecular complexity index is 143. The Balaban J connectivity index is 3.03. The van der Waals surface area contributed by atoms with Crippen molar-refractivity contribution in [2.75, 3.05) is 0 Å². The van der Waals surface area contributed by atoms with Crippen molar-refractivity contribution in [2.24, 2.45) is 0 Å². The summed E-state index contributed by atoms with van der Waals surface area (Å²) in [7, 11) is 0. The summed E-state index contributed by atoms with van der Waals surface area (Å²) in [6.45, 7) is 2.12. The zero-order valence-electron chi connectivity index (χ0n) is 5.02. The van der Waals surface area contributed by atoms with Gasteiger partial charge in [0.15, 0.2) is 0 Å². The Morgan fingerprint density at radius 2 is 1.62 bits per heavy atom. The molecule has 0 aliphatic carbocycles. The number of benzene rings is 1. The fourth-order valence-corrected chi connectivity index (χ4v) is 1.50. The molecule has 0 nitrogen and oxygen atoms in total. The zero-order chi connectivity index (χ0) is 5.98. The second-order valence-electron chi connectivity index (χ2n) is 1.99. The monoisotopic (exact) mass is 293 g/mol. The Morgan fingerprint density at radius 1 is 1.12 bits per heavy atom. The number of rotatable bonds is 0. The van der Waals surface area contributed by atoms with Crippen LogP contribution in [-0.2, 0) is 26.1 Å². The maximum atomic E-state index is 2.21. The Kier molecular flexibility index (Phi) is 2.06. The topological polar surface area (TPSA) is 0 Å². The summed E-state index contributed by atoms with van der Waals surface area (Å²) in [4.78, 5) is 0. The van der Waals surface area contributed by atoms with Gasteiger partial charge >= 0.3 is 65.9 Å². The summed E-state index contributed by atoms with van der Waals surface area (Å²) < 4.78 is 1.52. The third-order valence-electron chi connectivity index (χ3n) is 1.12. The van der Waals surface area contributed by atoms with E-state index in [1.807, 2.05) is 0 Å². The van der Waals surface area contributed by atoms with Gasteiger partial charge in [-0.05, 0) is 0 Å². The van der Waals surface area contributed by atoms with Gasteiger partial charge in [0.05, 0.1) is 0 Å². The van der Waals surface area contributed by atoms with E-state index in [1.165, 1.54) is 8.64 Å². The minimum atomic E-state index is 0.802. The molecule has 1 heteroatoms. The molecule has 0 fully saturated rings. The van der Waals surface area contributed by atoms with Gasteiger partial charge in [-0.25, -0.2) is 0 Å². The first-order valence-corrected chi connectivity index (χ1v) is 5.42. The molecule has 0 unspecified atom stereocenters. The molecule has 0 saturated carbocycles. The molecule has 0 heterocycles. The van der Waals surface area contributed by atoms with E-state index in [4.69, 9.17) is 0 Å². The van der Waals surface area contributed by atoms with Crippen molar-refractivity contribution in [3.05, 3.63) is 29.8 Å². The summed E-state index contributed by atoms with van der Waals surface area (Å²) >= 11 is 0.802. The van der Waals surface area contributed by atoms with E-state index in [1.54, 1.807) is 0 Å². The number of hydrogen-bond donors (Lipinski definition) is 0. The fraction of sp³-hybridized carbons (Fsp3) is 0.143. The van der Waals surface area contributed by atoms with Gasteiger partial charge in [0.1, 0.15) is 0 Å². The minimum absolute atomic E-state index is 0.802. The average Bonchev–Trinajstić information content (AvgIpc) is 1.77. The van der Waals surface area contributed by atoms with E-state index in [-0.39, 0.29) is 0 Å². The van der Waals surface area contributed by atoms with Crippen LogP contribution in [0.15, 0.2) is 24.3 Å². The Hall–Kier alpha value is 0.155. The molecular weight excluding hydrogens is 285 g/mol. The molecule has 0 aliphatic rings. The summed E-state index contributed by atoms with van der Waals surface area (Å²) in [5.74, 6) is 0. The summed E-state index contributed by atoms with van der Waals surface area (Å²) in [6.07, 6.45) is 0. The number of hydrogen-bond acceptors (Lipinski definition) is 0. The van der Waals surface area contributed by atoms with Gasteiger partial charge in [0.25, 0.3) is 0 Å². The van der Waals surface area contributed by atoms with Crippen molar-refractivity contribution < 1.29 is 26.1 Å². The van der Waals surface area contributed by atoms with Crippen LogP contribution >= 0.6 is 0 Å². The predicted octanol–water partition coefficient (Wildman–Crippen LogP) is 1.17. The SMILES string of the molecule is Cc1cc[c]([Hg])cc1. The van der Waals surface area contributed by atoms with Crippen LogP contribution in [0.5, 0.6) is 0 Å². The van der Waals surface area contributed by atoms with Crippen molar-refractivity contribution in [1.29, 1.82) is 0 Å². The molecule has 1 aromatic rings.